The molecule has 0 radical (unpaired) electrons. The molecule has 0 amide bonds. The minimum absolute atomic E-state index is 0.342. The van der Waals surface area contributed by atoms with E-state index in [1.54, 1.807) is 12.1 Å². The summed E-state index contributed by atoms with van der Waals surface area (Å²) in [6, 6.07) is 15.7. The van der Waals surface area contributed by atoms with E-state index in [1.165, 1.54) is 18.4 Å². The molecule has 5 nitrogen and oxygen atoms in total. The molecule has 2 aromatic rings. The Morgan fingerprint density at radius 2 is 1.81 bits per heavy atom. The molecule has 32 heavy (non-hydrogen) atoms. The molecule has 0 aromatic heterocycles. The second kappa shape index (κ2) is 12.2. The molecule has 0 aliphatic carbocycles. The van der Waals surface area contributed by atoms with E-state index in [-0.39, 0.29) is 0 Å². The highest BCUT2D eigenvalue weighted by molar-refractivity contribution is 9.10. The first-order valence-corrected chi connectivity index (χ1v) is 12.0. The Hall–Kier alpha value is -2.15. The molecule has 1 aliphatic heterocycles. The van der Waals surface area contributed by atoms with E-state index in [0.29, 0.717) is 18.2 Å². The molecule has 6 heteroatoms. The molecular weight excluding hydrogens is 468 g/mol. The van der Waals surface area contributed by atoms with Gasteiger partial charge in [-0.3, -0.25) is 4.90 Å². The zero-order chi connectivity index (χ0) is 22.9. The number of rotatable bonds is 10. The van der Waals surface area contributed by atoms with Crippen LogP contribution in [0, 0.1) is 0 Å². The van der Waals surface area contributed by atoms with Crippen LogP contribution in [0.1, 0.15) is 42.1 Å². The maximum Gasteiger partial charge on any atom is 0.335 e. The molecule has 2 aromatic carbocycles. The molecule has 0 spiro atoms. The van der Waals surface area contributed by atoms with Crippen LogP contribution in [-0.4, -0.2) is 60.2 Å². The molecule has 1 N–H and O–H groups in total. The molecule has 1 fully saturated rings. The predicted octanol–water partition coefficient (Wildman–Crippen LogP) is 5.46. The summed E-state index contributed by atoms with van der Waals surface area (Å²) in [5.41, 5.74) is 2.76. The van der Waals surface area contributed by atoms with E-state index in [1.807, 2.05) is 36.4 Å². The van der Waals surface area contributed by atoms with Crippen molar-refractivity contribution in [1.82, 2.24) is 9.80 Å². The average Bonchev–Trinajstić information content (AvgIpc) is 2.79. The largest absolute Gasteiger partial charge is 0.489 e. The van der Waals surface area contributed by atoms with Crippen molar-refractivity contribution in [3.05, 3.63) is 75.8 Å². The molecule has 1 saturated heterocycles. The topological polar surface area (TPSA) is 53.0 Å². The fourth-order valence-corrected chi connectivity index (χ4v) is 4.30. The number of likely N-dealkylation sites (tertiary alicyclic amines) is 1. The summed E-state index contributed by atoms with van der Waals surface area (Å²) in [5.74, 6) is 0.0180. The van der Waals surface area contributed by atoms with E-state index in [4.69, 9.17) is 9.84 Å². The minimum atomic E-state index is -0.876. The van der Waals surface area contributed by atoms with Crippen LogP contribution in [0.5, 0.6) is 5.75 Å². The van der Waals surface area contributed by atoms with Gasteiger partial charge in [-0.1, -0.05) is 34.1 Å². The molecule has 1 aliphatic rings. The molecule has 0 unspecified atom stereocenters. The van der Waals surface area contributed by atoms with Crippen molar-refractivity contribution >= 4 is 21.9 Å². The average molecular weight is 501 g/mol. The highest BCUT2D eigenvalue weighted by atomic mass is 79.9. The molecule has 0 saturated carbocycles. The standard InChI is InChI=1S/C26H33BrN2O3/c1-20(19-32-25-11-9-23(27)10-12-25)4-3-15-29-16-13-24(14-17-29)28(2)18-21-5-7-22(8-6-21)26(30)31/h4-12,24H,3,13-19H2,1-2H3,(H,30,31). The highest BCUT2D eigenvalue weighted by Gasteiger charge is 2.22. The molecule has 3 rings (SSSR count). The number of nitrogens with zero attached hydrogens (tertiary/aromatic N) is 2. The Morgan fingerprint density at radius 1 is 1.16 bits per heavy atom. The van der Waals surface area contributed by atoms with E-state index in [9.17, 15) is 4.79 Å². The summed E-state index contributed by atoms with van der Waals surface area (Å²) in [6.45, 7) is 6.93. The zero-order valence-electron chi connectivity index (χ0n) is 19.0. The van der Waals surface area contributed by atoms with E-state index in [0.717, 1.165) is 48.4 Å². The van der Waals surface area contributed by atoms with Gasteiger partial charge in [-0.25, -0.2) is 4.79 Å². The second-order valence-corrected chi connectivity index (χ2v) is 9.49. The second-order valence-electron chi connectivity index (χ2n) is 8.57. The van der Waals surface area contributed by atoms with Gasteiger partial charge in [0.1, 0.15) is 12.4 Å². The monoisotopic (exact) mass is 500 g/mol. The Kier molecular flexibility index (Phi) is 9.33. The lowest BCUT2D eigenvalue weighted by Gasteiger charge is -2.36. The molecule has 1 heterocycles. The third-order valence-electron chi connectivity index (χ3n) is 6.03. The van der Waals surface area contributed by atoms with Crippen LogP contribution in [-0.2, 0) is 6.54 Å². The van der Waals surface area contributed by atoms with Gasteiger partial charge in [0.2, 0.25) is 0 Å². The summed E-state index contributed by atoms with van der Waals surface area (Å²) >= 11 is 3.44. The quantitative estimate of drug-likeness (QED) is 0.439. The van der Waals surface area contributed by atoms with E-state index in [2.05, 4.69) is 45.8 Å². The van der Waals surface area contributed by atoms with Gasteiger partial charge in [0.25, 0.3) is 0 Å². The van der Waals surface area contributed by atoms with Crippen LogP contribution < -0.4 is 4.74 Å². The van der Waals surface area contributed by atoms with Gasteiger partial charge in [0, 0.05) is 23.6 Å². The summed E-state index contributed by atoms with van der Waals surface area (Å²) in [5, 5.41) is 9.03. The van der Waals surface area contributed by atoms with Crippen molar-refractivity contribution in [3.63, 3.8) is 0 Å². The number of hydrogen-bond acceptors (Lipinski definition) is 4. The fraction of sp³-hybridized carbons (Fsp3) is 0.423. The van der Waals surface area contributed by atoms with Gasteiger partial charge < -0.3 is 14.7 Å². The van der Waals surface area contributed by atoms with E-state index >= 15 is 0 Å². The molecule has 0 bridgehead atoms. The lowest BCUT2D eigenvalue weighted by atomic mass is 10.0. The van der Waals surface area contributed by atoms with Gasteiger partial charge in [-0.15, -0.1) is 0 Å². The van der Waals surface area contributed by atoms with Crippen LogP contribution in [0.4, 0.5) is 0 Å². The van der Waals surface area contributed by atoms with Crippen molar-refractivity contribution in [2.45, 2.75) is 38.8 Å². The van der Waals surface area contributed by atoms with Crippen molar-refractivity contribution in [2.24, 2.45) is 0 Å². The number of carbonyl (C=O) groups is 1. The predicted molar refractivity (Wildman–Crippen MR) is 132 cm³/mol. The number of carboxylic acids is 1. The first-order chi connectivity index (χ1) is 15.4. The van der Waals surface area contributed by atoms with Gasteiger partial charge in [0.15, 0.2) is 0 Å². The van der Waals surface area contributed by atoms with Gasteiger partial charge in [-0.05, 0) is 93.9 Å². The van der Waals surface area contributed by atoms with Crippen molar-refractivity contribution < 1.29 is 14.6 Å². The first-order valence-electron chi connectivity index (χ1n) is 11.2. The maximum atomic E-state index is 11.0. The highest BCUT2D eigenvalue weighted by Crippen LogP contribution is 2.19. The summed E-state index contributed by atoms with van der Waals surface area (Å²) < 4.78 is 6.89. The lowest BCUT2D eigenvalue weighted by Crippen LogP contribution is -2.43. The Bertz CT molecular complexity index is 888. The van der Waals surface area contributed by atoms with Crippen LogP contribution in [0.2, 0.25) is 0 Å². The molecular formula is C26H33BrN2O3. The van der Waals surface area contributed by atoms with Gasteiger partial charge in [0.05, 0.1) is 5.56 Å². The number of halogens is 1. The van der Waals surface area contributed by atoms with Crippen LogP contribution in [0.25, 0.3) is 0 Å². The number of ether oxygens (including phenoxy) is 1. The van der Waals surface area contributed by atoms with E-state index < -0.39 is 5.97 Å². The van der Waals surface area contributed by atoms with Crippen LogP contribution >= 0.6 is 15.9 Å². The Labute approximate surface area is 199 Å². The normalized spacial score (nSPS) is 15.8. The minimum Gasteiger partial charge on any atom is -0.489 e. The SMILES string of the molecule is CC(=CCCN1CCC(N(C)Cc2ccc(C(=O)O)cc2)CC1)COc1ccc(Br)cc1. The van der Waals surface area contributed by atoms with Crippen molar-refractivity contribution in [1.29, 1.82) is 0 Å². The summed E-state index contributed by atoms with van der Waals surface area (Å²) in [6.07, 6.45) is 5.67. The number of carboxylic acid groups (broad SMARTS) is 1. The number of benzene rings is 2. The third-order valence-corrected chi connectivity index (χ3v) is 6.56. The van der Waals surface area contributed by atoms with Crippen LogP contribution in [0.3, 0.4) is 0 Å². The van der Waals surface area contributed by atoms with Crippen molar-refractivity contribution in [3.8, 4) is 5.75 Å². The number of aromatic carboxylic acids is 1. The van der Waals surface area contributed by atoms with Crippen LogP contribution in [0.15, 0.2) is 64.7 Å². The number of piperidine rings is 1. The lowest BCUT2D eigenvalue weighted by molar-refractivity contribution is 0.0697. The molecule has 0 atom stereocenters. The first kappa shape index (κ1) is 24.5. The Morgan fingerprint density at radius 3 is 2.44 bits per heavy atom. The number of hydrogen-bond donors (Lipinski definition) is 1. The van der Waals surface area contributed by atoms with Gasteiger partial charge >= 0.3 is 5.97 Å². The summed E-state index contributed by atoms with van der Waals surface area (Å²) in [4.78, 5) is 15.9. The third kappa shape index (κ3) is 7.76. The smallest absolute Gasteiger partial charge is 0.335 e. The Balaban J connectivity index is 1.34. The van der Waals surface area contributed by atoms with Gasteiger partial charge in [-0.2, -0.15) is 0 Å². The van der Waals surface area contributed by atoms with Crippen molar-refractivity contribution in [2.75, 3.05) is 33.3 Å². The zero-order valence-corrected chi connectivity index (χ0v) is 20.6. The fourth-order valence-electron chi connectivity index (χ4n) is 4.03. The maximum absolute atomic E-state index is 11.0. The molecule has 172 valence electrons. The summed E-state index contributed by atoms with van der Waals surface area (Å²) in [7, 11) is 2.17.